The van der Waals surface area contributed by atoms with Crippen molar-refractivity contribution in [2.75, 3.05) is 40.9 Å². The Labute approximate surface area is 497 Å². The van der Waals surface area contributed by atoms with Gasteiger partial charge in [0.25, 0.3) is 7.82 Å². The Hall–Kier alpha value is -1.77. The van der Waals surface area contributed by atoms with Gasteiger partial charge in [-0.2, -0.15) is 0 Å². The van der Waals surface area contributed by atoms with Gasteiger partial charge in [0.15, 0.2) is 0 Å². The van der Waals surface area contributed by atoms with E-state index in [-0.39, 0.29) is 31.5 Å². The van der Waals surface area contributed by atoms with Gasteiger partial charge in [0.2, 0.25) is 5.91 Å². The maximum absolute atomic E-state index is 13.6. The van der Waals surface area contributed by atoms with Crippen molar-refractivity contribution >= 4 is 19.7 Å². The molecular weight excluding hydrogens is 1010 g/mol. The normalized spacial score (nSPS) is 13.7. The van der Waals surface area contributed by atoms with Gasteiger partial charge < -0.3 is 28.5 Å². The van der Waals surface area contributed by atoms with Crippen molar-refractivity contribution < 1.29 is 37.3 Å². The third-order valence-electron chi connectivity index (χ3n) is 15.8. The number of nitrogens with zero attached hydrogens (tertiary/aromatic N) is 1. The zero-order valence-electron chi connectivity index (χ0n) is 54.1. The number of hydrogen-bond donors (Lipinski definition) is 1. The van der Waals surface area contributed by atoms with Crippen molar-refractivity contribution in [3.8, 4) is 0 Å². The molecule has 0 saturated heterocycles. The first-order valence-electron chi connectivity index (χ1n) is 34.8. The van der Waals surface area contributed by atoms with Crippen LogP contribution in [-0.4, -0.2) is 69.4 Å². The fourth-order valence-electron chi connectivity index (χ4n) is 10.4. The van der Waals surface area contributed by atoms with Crippen molar-refractivity contribution in [2.24, 2.45) is 0 Å². The van der Waals surface area contributed by atoms with Gasteiger partial charge in [0.1, 0.15) is 19.3 Å². The van der Waals surface area contributed by atoms with Crippen molar-refractivity contribution in [2.45, 2.75) is 360 Å². The maximum Gasteiger partial charge on any atom is 0.306 e. The first kappa shape index (κ1) is 78.2. The molecule has 0 radical (unpaired) electrons. The minimum atomic E-state index is -4.70. The Bertz CT molecular complexity index is 1460. The molecule has 0 aromatic heterocycles. The SMILES string of the molecule is CCCCCCCC/C=C/CCCCCCCCCCCCCCCC(=O)NC(COP(=O)([O-])OCC[N+](C)(C)C)C(/C=C\CCCCCCCCCCCC)OC(=O)CCCCCCCCCCC/C=C/CCCCCCCC. The molecule has 1 N–H and O–H groups in total. The monoisotopic (exact) mass is 1150 g/mol. The fraction of sp³-hybridized carbons (Fsp3) is 0.886. The van der Waals surface area contributed by atoms with E-state index < -0.39 is 20.0 Å². The van der Waals surface area contributed by atoms with Gasteiger partial charge in [0, 0.05) is 12.8 Å². The van der Waals surface area contributed by atoms with E-state index in [1.165, 1.54) is 257 Å². The Kier molecular flexibility index (Phi) is 59.0. The minimum Gasteiger partial charge on any atom is -0.756 e. The molecule has 0 spiro atoms. The average molecular weight is 1150 g/mol. The number of hydrogen-bond acceptors (Lipinski definition) is 7. The highest BCUT2D eigenvalue weighted by Crippen LogP contribution is 2.38. The van der Waals surface area contributed by atoms with Gasteiger partial charge >= 0.3 is 5.97 Å². The molecule has 9 nitrogen and oxygen atoms in total. The highest BCUT2D eigenvalue weighted by Gasteiger charge is 2.27. The third-order valence-corrected chi connectivity index (χ3v) is 16.8. The molecule has 3 atom stereocenters. The van der Waals surface area contributed by atoms with Crippen LogP contribution in [0.15, 0.2) is 36.5 Å². The topological polar surface area (TPSA) is 114 Å². The summed E-state index contributed by atoms with van der Waals surface area (Å²) >= 11 is 0. The number of allylic oxidation sites excluding steroid dienone is 5. The zero-order valence-corrected chi connectivity index (χ0v) is 54.9. The molecule has 80 heavy (non-hydrogen) atoms. The molecule has 1 amide bonds. The van der Waals surface area contributed by atoms with Crippen LogP contribution < -0.4 is 10.2 Å². The quantitative estimate of drug-likeness (QED) is 0.0212. The van der Waals surface area contributed by atoms with E-state index in [0.717, 1.165) is 57.8 Å². The molecule has 0 aromatic rings. The van der Waals surface area contributed by atoms with Crippen molar-refractivity contribution in [1.82, 2.24) is 5.32 Å². The van der Waals surface area contributed by atoms with Crippen LogP contribution in [0.4, 0.5) is 0 Å². The maximum atomic E-state index is 13.6. The van der Waals surface area contributed by atoms with Crippen LogP contribution in [0.25, 0.3) is 0 Å². The van der Waals surface area contributed by atoms with E-state index in [9.17, 15) is 19.0 Å². The molecule has 10 heteroatoms. The molecule has 0 aliphatic rings. The van der Waals surface area contributed by atoms with Crippen LogP contribution >= 0.6 is 7.82 Å². The largest absolute Gasteiger partial charge is 0.756 e. The number of ether oxygens (including phenoxy) is 1. The summed E-state index contributed by atoms with van der Waals surface area (Å²) in [6.07, 6.45) is 74.0. The number of carbonyl (C=O) groups excluding carboxylic acids is 2. The van der Waals surface area contributed by atoms with Gasteiger partial charge in [-0.15, -0.1) is 0 Å². The fourth-order valence-corrected chi connectivity index (χ4v) is 11.1. The lowest BCUT2D eigenvalue weighted by atomic mass is 10.0. The van der Waals surface area contributed by atoms with Crippen LogP contribution in [0, 0.1) is 0 Å². The van der Waals surface area contributed by atoms with Crippen LogP contribution in [0.3, 0.4) is 0 Å². The van der Waals surface area contributed by atoms with E-state index in [1.807, 2.05) is 33.3 Å². The molecule has 0 rings (SSSR count). The summed E-state index contributed by atoms with van der Waals surface area (Å²) in [7, 11) is 1.20. The summed E-state index contributed by atoms with van der Waals surface area (Å²) in [4.78, 5) is 40.1. The Balaban J connectivity index is 5.08. The zero-order chi connectivity index (χ0) is 58.6. The number of amides is 1. The Morgan fingerprint density at radius 1 is 0.425 bits per heavy atom. The van der Waals surface area contributed by atoms with Crippen molar-refractivity contribution in [3.05, 3.63) is 36.5 Å². The number of carbonyl (C=O) groups is 2. The van der Waals surface area contributed by atoms with Gasteiger partial charge in [-0.05, 0) is 83.1 Å². The van der Waals surface area contributed by atoms with Gasteiger partial charge in [-0.1, -0.05) is 289 Å². The number of likely N-dealkylation sites (N-methyl/N-ethyl adjacent to an activating group) is 1. The highest BCUT2D eigenvalue weighted by molar-refractivity contribution is 7.45. The summed E-state index contributed by atoms with van der Waals surface area (Å²) in [6, 6.07) is -0.887. The molecule has 0 bridgehead atoms. The second kappa shape index (κ2) is 60.4. The Morgan fingerprint density at radius 3 is 1.06 bits per heavy atom. The standard InChI is InChI=1S/C70H135N2O7P/c1-7-10-13-16-19-22-25-28-30-32-34-35-36-37-39-40-42-44-47-50-53-56-59-62-69(73)71-67(66-78-80(75,76)77-65-64-72(4,5)6)68(61-58-55-52-49-46-27-24-21-18-15-12-9-3)79-70(74)63-60-57-54-51-48-45-43-41-38-33-31-29-26-23-20-17-14-11-8-2/h28-31,58,61,67-68H,7-27,32-57,59-60,62-66H2,1-6H3,(H-,71,73,75,76)/b30-28+,31-29+,61-58-. The van der Waals surface area contributed by atoms with Gasteiger partial charge in [-0.3, -0.25) is 14.2 Å². The number of nitrogens with one attached hydrogen (secondary N) is 1. The third kappa shape index (κ3) is 60.8. The second-order valence-electron chi connectivity index (χ2n) is 25.0. The van der Waals surface area contributed by atoms with Crippen LogP contribution in [-0.2, 0) is 27.9 Å². The molecule has 0 fully saturated rings. The molecule has 0 aliphatic carbocycles. The van der Waals surface area contributed by atoms with E-state index in [1.54, 1.807) is 0 Å². The molecule has 0 saturated carbocycles. The molecule has 472 valence electrons. The van der Waals surface area contributed by atoms with Gasteiger partial charge in [0.05, 0.1) is 33.8 Å². The molecule has 0 aromatic carbocycles. The number of unbranched alkanes of at least 4 members (excludes halogenated alkanes) is 44. The molecule has 3 unspecified atom stereocenters. The molecular formula is C70H135N2O7P. The predicted octanol–water partition coefficient (Wildman–Crippen LogP) is 21.2. The first-order valence-corrected chi connectivity index (χ1v) is 36.3. The smallest absolute Gasteiger partial charge is 0.306 e. The first-order chi connectivity index (χ1) is 38.9. The number of quaternary nitrogens is 1. The lowest BCUT2D eigenvalue weighted by Gasteiger charge is -2.30. The van der Waals surface area contributed by atoms with Crippen molar-refractivity contribution in [1.29, 1.82) is 0 Å². The summed E-state index contributed by atoms with van der Waals surface area (Å²) in [5, 5.41) is 3.05. The number of phosphoric acid groups is 1. The van der Waals surface area contributed by atoms with E-state index >= 15 is 0 Å². The average Bonchev–Trinajstić information content (AvgIpc) is 3.42. The van der Waals surface area contributed by atoms with Gasteiger partial charge in [-0.25, -0.2) is 0 Å². The number of esters is 1. The van der Waals surface area contributed by atoms with E-state index in [4.69, 9.17) is 13.8 Å². The summed E-state index contributed by atoms with van der Waals surface area (Å²) < 4.78 is 30.4. The van der Waals surface area contributed by atoms with Crippen LogP contribution in [0.5, 0.6) is 0 Å². The lowest BCUT2D eigenvalue weighted by Crippen LogP contribution is -2.47. The summed E-state index contributed by atoms with van der Waals surface area (Å²) in [5.41, 5.74) is 0. The van der Waals surface area contributed by atoms with Crippen LogP contribution in [0.1, 0.15) is 348 Å². The lowest BCUT2D eigenvalue weighted by molar-refractivity contribution is -0.870. The molecule has 0 aliphatic heterocycles. The minimum absolute atomic E-state index is 0.0202. The molecule has 0 heterocycles. The van der Waals surface area contributed by atoms with Crippen molar-refractivity contribution in [3.63, 3.8) is 0 Å². The second-order valence-corrected chi connectivity index (χ2v) is 26.4. The van der Waals surface area contributed by atoms with E-state index in [2.05, 4.69) is 50.4 Å². The van der Waals surface area contributed by atoms with Crippen LogP contribution in [0.2, 0.25) is 0 Å². The predicted molar refractivity (Wildman–Crippen MR) is 344 cm³/mol. The number of rotatable bonds is 64. The Morgan fingerprint density at radius 2 is 0.725 bits per heavy atom. The van der Waals surface area contributed by atoms with E-state index in [0.29, 0.717) is 17.4 Å². The summed E-state index contributed by atoms with van der Waals surface area (Å²) in [5.74, 6) is -0.527. The summed E-state index contributed by atoms with van der Waals surface area (Å²) in [6.45, 7) is 6.88. The number of phosphoric ester groups is 1. The highest BCUT2D eigenvalue weighted by atomic mass is 31.2.